The Bertz CT molecular complexity index is 445. The van der Waals surface area contributed by atoms with Crippen LogP contribution in [0.5, 0.6) is 0 Å². The van der Waals surface area contributed by atoms with Gasteiger partial charge in [-0.25, -0.2) is 4.98 Å². The molecule has 0 bridgehead atoms. The molecule has 134 valence electrons. The summed E-state index contributed by atoms with van der Waals surface area (Å²) >= 11 is 0. The minimum atomic E-state index is 0. The Kier molecular flexibility index (Phi) is 11.3. The quantitative estimate of drug-likeness (QED) is 0.781. The van der Waals surface area contributed by atoms with Gasteiger partial charge in [0.2, 0.25) is 5.91 Å². The van der Waals surface area contributed by atoms with Crippen LogP contribution in [0.3, 0.4) is 0 Å². The number of rotatable bonds is 7. The van der Waals surface area contributed by atoms with Crippen molar-refractivity contribution in [2.45, 2.75) is 52.6 Å². The highest BCUT2D eigenvalue weighted by atomic mass is 35.5. The van der Waals surface area contributed by atoms with Crippen molar-refractivity contribution >= 4 is 30.7 Å². The number of carbonyl (C=O) groups is 1. The Morgan fingerprint density at radius 2 is 2.09 bits per heavy atom. The van der Waals surface area contributed by atoms with E-state index in [4.69, 9.17) is 0 Å². The highest BCUT2D eigenvalue weighted by Gasteiger charge is 2.14. The summed E-state index contributed by atoms with van der Waals surface area (Å²) in [5.41, 5.74) is 0. The van der Waals surface area contributed by atoms with Gasteiger partial charge in [0.05, 0.1) is 6.54 Å². The lowest BCUT2D eigenvalue weighted by molar-refractivity contribution is -0.121. The van der Waals surface area contributed by atoms with Crippen LogP contribution in [-0.4, -0.2) is 28.5 Å². The Hall–Kier alpha value is -0.780. The van der Waals surface area contributed by atoms with Crippen LogP contribution < -0.4 is 10.6 Å². The van der Waals surface area contributed by atoms with Gasteiger partial charge in [0.1, 0.15) is 5.82 Å². The predicted octanol–water partition coefficient (Wildman–Crippen LogP) is 2.78. The van der Waals surface area contributed by atoms with E-state index in [9.17, 15) is 4.79 Å². The first-order valence-corrected chi connectivity index (χ1v) is 8.12. The summed E-state index contributed by atoms with van der Waals surface area (Å²) in [6.45, 7) is 8.03. The van der Waals surface area contributed by atoms with Crippen molar-refractivity contribution in [2.75, 3.05) is 13.1 Å². The zero-order chi connectivity index (χ0) is 15.1. The predicted molar refractivity (Wildman–Crippen MR) is 98.2 cm³/mol. The third-order valence-electron chi connectivity index (χ3n) is 4.05. The fraction of sp³-hybridized carbons (Fsp3) is 0.750. The summed E-state index contributed by atoms with van der Waals surface area (Å²) in [4.78, 5) is 16.3. The molecule has 1 amide bonds. The van der Waals surface area contributed by atoms with Gasteiger partial charge < -0.3 is 15.2 Å². The topological polar surface area (TPSA) is 59.0 Å². The number of nitrogens with one attached hydrogen (secondary N) is 2. The van der Waals surface area contributed by atoms with Crippen LogP contribution in [0, 0.1) is 11.8 Å². The summed E-state index contributed by atoms with van der Waals surface area (Å²) in [6.07, 6.45) is 7.83. The standard InChI is InChI=1S/C16H28N4O.2ClH/c1-13(2)12-20-10-9-18-15(20)11-19-16(21)4-3-14-5-7-17-8-6-14;;/h9-10,13-14,17H,3-8,11-12H2,1-2H3,(H,19,21);2*1H. The largest absolute Gasteiger partial charge is 0.349 e. The van der Waals surface area contributed by atoms with E-state index in [2.05, 4.69) is 34.0 Å². The second-order valence-corrected chi connectivity index (χ2v) is 6.40. The lowest BCUT2D eigenvalue weighted by atomic mass is 9.93. The van der Waals surface area contributed by atoms with Gasteiger partial charge >= 0.3 is 0 Å². The van der Waals surface area contributed by atoms with Crippen molar-refractivity contribution in [3.8, 4) is 0 Å². The van der Waals surface area contributed by atoms with Crippen molar-refractivity contribution < 1.29 is 4.79 Å². The highest BCUT2D eigenvalue weighted by Crippen LogP contribution is 2.17. The summed E-state index contributed by atoms with van der Waals surface area (Å²) in [5.74, 6) is 2.38. The van der Waals surface area contributed by atoms with E-state index in [1.807, 2.05) is 6.20 Å². The molecule has 5 nitrogen and oxygen atoms in total. The number of imidazole rings is 1. The second-order valence-electron chi connectivity index (χ2n) is 6.40. The molecule has 7 heteroatoms. The molecule has 0 radical (unpaired) electrons. The zero-order valence-corrected chi connectivity index (χ0v) is 15.7. The number of carbonyl (C=O) groups excluding carboxylic acids is 1. The van der Waals surface area contributed by atoms with Gasteiger partial charge in [0, 0.05) is 25.4 Å². The van der Waals surface area contributed by atoms with Crippen LogP contribution >= 0.6 is 24.8 Å². The maximum Gasteiger partial charge on any atom is 0.220 e. The summed E-state index contributed by atoms with van der Waals surface area (Å²) in [6, 6.07) is 0. The van der Waals surface area contributed by atoms with Crippen LogP contribution in [0.1, 0.15) is 45.4 Å². The summed E-state index contributed by atoms with van der Waals surface area (Å²) in [7, 11) is 0. The third kappa shape index (κ3) is 8.04. The molecule has 1 aliphatic heterocycles. The maximum absolute atomic E-state index is 12.0. The molecule has 2 N–H and O–H groups in total. The van der Waals surface area contributed by atoms with E-state index in [1.165, 1.54) is 12.8 Å². The molecule has 0 aliphatic carbocycles. The molecule has 0 atom stereocenters. The van der Waals surface area contributed by atoms with Crippen LogP contribution in [0.2, 0.25) is 0 Å². The molecule has 2 rings (SSSR count). The van der Waals surface area contributed by atoms with Gasteiger partial charge in [-0.05, 0) is 44.2 Å². The molecule has 1 aromatic rings. The maximum atomic E-state index is 12.0. The Balaban J connectivity index is 0.00000242. The fourth-order valence-electron chi connectivity index (χ4n) is 2.84. The molecule has 1 aliphatic rings. The molecular weight excluding hydrogens is 335 g/mol. The molecule has 0 spiro atoms. The highest BCUT2D eigenvalue weighted by molar-refractivity contribution is 5.85. The van der Waals surface area contributed by atoms with Gasteiger partial charge in [-0.2, -0.15) is 0 Å². The van der Waals surface area contributed by atoms with Crippen molar-refractivity contribution in [1.82, 2.24) is 20.2 Å². The lowest BCUT2D eigenvalue weighted by Gasteiger charge is -2.22. The Labute approximate surface area is 151 Å². The number of hydrogen-bond acceptors (Lipinski definition) is 3. The lowest BCUT2D eigenvalue weighted by Crippen LogP contribution is -2.29. The number of piperidine rings is 1. The van der Waals surface area contributed by atoms with E-state index < -0.39 is 0 Å². The summed E-state index contributed by atoms with van der Waals surface area (Å²) < 4.78 is 2.12. The SMILES string of the molecule is CC(C)Cn1ccnc1CNC(=O)CCC1CCNCC1.Cl.Cl. The van der Waals surface area contributed by atoms with E-state index in [0.717, 1.165) is 31.9 Å². The molecule has 0 unspecified atom stereocenters. The van der Waals surface area contributed by atoms with E-state index in [0.29, 0.717) is 24.8 Å². The number of aromatic nitrogens is 2. The molecule has 1 fully saturated rings. The molecular formula is C16H30Cl2N4O. The molecule has 2 heterocycles. The van der Waals surface area contributed by atoms with E-state index >= 15 is 0 Å². The minimum absolute atomic E-state index is 0. The Morgan fingerprint density at radius 1 is 1.39 bits per heavy atom. The monoisotopic (exact) mass is 364 g/mol. The number of hydrogen-bond donors (Lipinski definition) is 2. The molecule has 1 aromatic heterocycles. The van der Waals surface area contributed by atoms with Crippen molar-refractivity contribution in [3.05, 3.63) is 18.2 Å². The molecule has 23 heavy (non-hydrogen) atoms. The first-order valence-electron chi connectivity index (χ1n) is 8.12. The first-order chi connectivity index (χ1) is 10.1. The van der Waals surface area contributed by atoms with Crippen molar-refractivity contribution in [1.29, 1.82) is 0 Å². The van der Waals surface area contributed by atoms with Crippen molar-refractivity contribution in [3.63, 3.8) is 0 Å². The third-order valence-corrected chi connectivity index (χ3v) is 4.05. The van der Waals surface area contributed by atoms with Crippen LogP contribution in [0.4, 0.5) is 0 Å². The van der Waals surface area contributed by atoms with Crippen molar-refractivity contribution in [2.24, 2.45) is 11.8 Å². The molecule has 0 saturated carbocycles. The number of amides is 1. The van der Waals surface area contributed by atoms with Gasteiger partial charge in [0.25, 0.3) is 0 Å². The van der Waals surface area contributed by atoms with E-state index in [1.54, 1.807) is 6.20 Å². The van der Waals surface area contributed by atoms with Gasteiger partial charge in [-0.15, -0.1) is 24.8 Å². The molecule has 0 aromatic carbocycles. The van der Waals surface area contributed by atoms with Gasteiger partial charge in [-0.3, -0.25) is 4.79 Å². The normalized spacial score (nSPS) is 14.9. The number of halogens is 2. The smallest absolute Gasteiger partial charge is 0.220 e. The van der Waals surface area contributed by atoms with Crippen LogP contribution in [0.15, 0.2) is 12.4 Å². The Morgan fingerprint density at radius 3 is 2.74 bits per heavy atom. The number of nitrogens with zero attached hydrogens (tertiary/aromatic N) is 2. The van der Waals surface area contributed by atoms with E-state index in [-0.39, 0.29) is 30.7 Å². The van der Waals surface area contributed by atoms with Gasteiger partial charge in [0.15, 0.2) is 0 Å². The van der Waals surface area contributed by atoms with Crippen LogP contribution in [0.25, 0.3) is 0 Å². The average molecular weight is 365 g/mol. The van der Waals surface area contributed by atoms with Gasteiger partial charge in [-0.1, -0.05) is 13.8 Å². The average Bonchev–Trinajstić information content (AvgIpc) is 2.90. The second kappa shape index (κ2) is 11.7. The first kappa shape index (κ1) is 22.2. The summed E-state index contributed by atoms with van der Waals surface area (Å²) in [5, 5.41) is 6.36. The fourth-order valence-corrected chi connectivity index (χ4v) is 2.84. The van der Waals surface area contributed by atoms with Crippen LogP contribution in [-0.2, 0) is 17.9 Å². The zero-order valence-electron chi connectivity index (χ0n) is 14.1. The molecule has 1 saturated heterocycles. The minimum Gasteiger partial charge on any atom is -0.349 e.